The Kier molecular flexibility index (Phi) is 7.03. The van der Waals surface area contributed by atoms with Crippen LogP contribution in [0.3, 0.4) is 0 Å². The molecule has 0 saturated carbocycles. The SMILES string of the molecule is CN(C)C(=O)CCNCCOc1ccc(C(N)=NO)cc1. The van der Waals surface area contributed by atoms with Gasteiger partial charge in [-0.2, -0.15) is 0 Å². The van der Waals surface area contributed by atoms with Gasteiger partial charge in [0.05, 0.1) is 0 Å². The third-order valence-corrected chi connectivity index (χ3v) is 2.82. The lowest BCUT2D eigenvalue weighted by Gasteiger charge is -2.11. The maximum Gasteiger partial charge on any atom is 0.223 e. The Labute approximate surface area is 124 Å². The Morgan fingerprint density at radius 1 is 1.33 bits per heavy atom. The number of hydrogen-bond donors (Lipinski definition) is 3. The second-order valence-corrected chi connectivity index (χ2v) is 4.65. The largest absolute Gasteiger partial charge is 0.492 e. The van der Waals surface area contributed by atoms with Crippen molar-refractivity contribution in [1.29, 1.82) is 0 Å². The molecule has 0 spiro atoms. The van der Waals surface area contributed by atoms with E-state index < -0.39 is 0 Å². The fourth-order valence-electron chi connectivity index (χ4n) is 1.56. The van der Waals surface area contributed by atoms with Gasteiger partial charge in [0.25, 0.3) is 0 Å². The number of nitrogens with two attached hydrogens (primary N) is 1. The van der Waals surface area contributed by atoms with Gasteiger partial charge in [-0.25, -0.2) is 0 Å². The summed E-state index contributed by atoms with van der Waals surface area (Å²) in [4.78, 5) is 12.9. The van der Waals surface area contributed by atoms with E-state index in [0.29, 0.717) is 37.4 Å². The normalized spacial score (nSPS) is 11.2. The van der Waals surface area contributed by atoms with Crippen molar-refractivity contribution in [3.05, 3.63) is 29.8 Å². The Hall–Kier alpha value is -2.28. The zero-order valence-electron chi connectivity index (χ0n) is 12.4. The number of nitrogens with zero attached hydrogens (tertiary/aromatic N) is 2. The van der Waals surface area contributed by atoms with Crippen LogP contribution in [0.15, 0.2) is 29.4 Å². The van der Waals surface area contributed by atoms with E-state index in [2.05, 4.69) is 10.5 Å². The number of ether oxygens (including phenoxy) is 1. The number of carbonyl (C=O) groups is 1. The topological polar surface area (TPSA) is 100 Å². The van der Waals surface area contributed by atoms with Crippen molar-refractivity contribution in [3.63, 3.8) is 0 Å². The van der Waals surface area contributed by atoms with Crippen LogP contribution in [0.4, 0.5) is 0 Å². The molecule has 116 valence electrons. The summed E-state index contributed by atoms with van der Waals surface area (Å²) in [5.41, 5.74) is 6.09. The first kappa shape index (κ1) is 16.8. The zero-order valence-corrected chi connectivity index (χ0v) is 12.4. The number of benzene rings is 1. The predicted octanol–water partition coefficient (Wildman–Crippen LogP) is 0.228. The molecule has 0 heterocycles. The van der Waals surface area contributed by atoms with Crippen molar-refractivity contribution in [2.45, 2.75) is 6.42 Å². The van der Waals surface area contributed by atoms with Crippen LogP contribution in [0.25, 0.3) is 0 Å². The summed E-state index contributed by atoms with van der Waals surface area (Å²) >= 11 is 0. The monoisotopic (exact) mass is 294 g/mol. The van der Waals surface area contributed by atoms with Gasteiger partial charge in [0.15, 0.2) is 5.84 Å². The highest BCUT2D eigenvalue weighted by molar-refractivity contribution is 5.97. The molecule has 0 radical (unpaired) electrons. The zero-order chi connectivity index (χ0) is 15.7. The number of nitrogens with one attached hydrogen (secondary N) is 1. The van der Waals surface area contributed by atoms with E-state index in [0.717, 1.165) is 0 Å². The third-order valence-electron chi connectivity index (χ3n) is 2.82. The number of carbonyl (C=O) groups excluding carboxylic acids is 1. The summed E-state index contributed by atoms with van der Waals surface area (Å²) in [7, 11) is 3.48. The smallest absolute Gasteiger partial charge is 0.223 e. The molecular formula is C14H22N4O3. The highest BCUT2D eigenvalue weighted by Crippen LogP contribution is 2.11. The molecule has 1 rings (SSSR count). The van der Waals surface area contributed by atoms with E-state index in [1.54, 1.807) is 43.3 Å². The highest BCUT2D eigenvalue weighted by Gasteiger charge is 2.02. The molecule has 0 aliphatic rings. The molecule has 7 heteroatoms. The number of amides is 1. The number of oxime groups is 1. The minimum atomic E-state index is 0.0637. The lowest BCUT2D eigenvalue weighted by atomic mass is 10.2. The van der Waals surface area contributed by atoms with Crippen molar-refractivity contribution < 1.29 is 14.7 Å². The molecule has 0 unspecified atom stereocenters. The molecule has 0 aliphatic carbocycles. The fraction of sp³-hybridized carbons (Fsp3) is 0.429. The third kappa shape index (κ3) is 6.13. The molecule has 1 amide bonds. The van der Waals surface area contributed by atoms with E-state index in [4.69, 9.17) is 15.7 Å². The predicted molar refractivity (Wildman–Crippen MR) is 80.6 cm³/mol. The van der Waals surface area contributed by atoms with Crippen LogP contribution in [-0.2, 0) is 4.79 Å². The first-order chi connectivity index (χ1) is 10.0. The van der Waals surface area contributed by atoms with E-state index in [1.165, 1.54) is 0 Å². The molecular weight excluding hydrogens is 272 g/mol. The van der Waals surface area contributed by atoms with Gasteiger partial charge in [0.1, 0.15) is 12.4 Å². The maximum absolute atomic E-state index is 11.3. The Bertz CT molecular complexity index is 472. The Balaban J connectivity index is 2.20. The average Bonchev–Trinajstić information content (AvgIpc) is 2.50. The average molecular weight is 294 g/mol. The van der Waals surface area contributed by atoms with Gasteiger partial charge in [-0.15, -0.1) is 0 Å². The molecule has 1 aromatic rings. The van der Waals surface area contributed by atoms with Crippen molar-refractivity contribution in [3.8, 4) is 5.75 Å². The van der Waals surface area contributed by atoms with Crippen LogP contribution in [-0.4, -0.2) is 55.6 Å². The van der Waals surface area contributed by atoms with Gasteiger partial charge >= 0.3 is 0 Å². The van der Waals surface area contributed by atoms with Crippen molar-refractivity contribution >= 4 is 11.7 Å². The second-order valence-electron chi connectivity index (χ2n) is 4.65. The number of hydrogen-bond acceptors (Lipinski definition) is 5. The van der Waals surface area contributed by atoms with Crippen LogP contribution < -0.4 is 15.8 Å². The van der Waals surface area contributed by atoms with E-state index >= 15 is 0 Å². The first-order valence-corrected chi connectivity index (χ1v) is 6.66. The summed E-state index contributed by atoms with van der Waals surface area (Å²) in [6.07, 6.45) is 0.474. The van der Waals surface area contributed by atoms with Gasteiger partial charge < -0.3 is 25.9 Å². The highest BCUT2D eigenvalue weighted by atomic mass is 16.5. The molecule has 7 nitrogen and oxygen atoms in total. The van der Waals surface area contributed by atoms with Gasteiger partial charge in [-0.05, 0) is 24.3 Å². The minimum Gasteiger partial charge on any atom is -0.492 e. The molecule has 0 bridgehead atoms. The van der Waals surface area contributed by atoms with Crippen molar-refractivity contribution in [1.82, 2.24) is 10.2 Å². The van der Waals surface area contributed by atoms with Crippen molar-refractivity contribution in [2.24, 2.45) is 10.9 Å². The molecule has 1 aromatic carbocycles. The maximum atomic E-state index is 11.3. The Morgan fingerprint density at radius 3 is 2.57 bits per heavy atom. The van der Waals surface area contributed by atoms with Crippen LogP contribution in [0.1, 0.15) is 12.0 Å². The fourth-order valence-corrected chi connectivity index (χ4v) is 1.56. The number of amidine groups is 1. The van der Waals surface area contributed by atoms with Crippen LogP contribution in [0, 0.1) is 0 Å². The summed E-state index contributed by atoms with van der Waals surface area (Å²) in [5.74, 6) is 0.867. The van der Waals surface area contributed by atoms with Crippen molar-refractivity contribution in [2.75, 3.05) is 33.8 Å². The minimum absolute atomic E-state index is 0.0637. The lowest BCUT2D eigenvalue weighted by molar-refractivity contribution is -0.128. The van der Waals surface area contributed by atoms with E-state index in [9.17, 15) is 4.79 Å². The standard InChI is InChI=1S/C14H22N4O3/c1-18(2)13(19)7-8-16-9-10-21-12-5-3-11(4-6-12)14(15)17-20/h3-6,16,20H,7-10H2,1-2H3,(H2,15,17). The number of rotatable bonds is 8. The van der Waals surface area contributed by atoms with Crippen LogP contribution in [0.5, 0.6) is 5.75 Å². The summed E-state index contributed by atoms with van der Waals surface area (Å²) < 4.78 is 5.53. The molecule has 0 aromatic heterocycles. The summed E-state index contributed by atoms with van der Waals surface area (Å²) in [5, 5.41) is 14.6. The lowest BCUT2D eigenvalue weighted by Crippen LogP contribution is -2.28. The first-order valence-electron chi connectivity index (χ1n) is 6.66. The van der Waals surface area contributed by atoms with Gasteiger partial charge in [0, 0.05) is 39.2 Å². The van der Waals surface area contributed by atoms with Gasteiger partial charge in [-0.1, -0.05) is 5.16 Å². The molecule has 4 N–H and O–H groups in total. The molecule has 0 fully saturated rings. The molecule has 21 heavy (non-hydrogen) atoms. The van der Waals surface area contributed by atoms with E-state index in [1.807, 2.05) is 0 Å². The van der Waals surface area contributed by atoms with Crippen LogP contribution in [0.2, 0.25) is 0 Å². The molecule has 0 atom stereocenters. The van der Waals surface area contributed by atoms with E-state index in [-0.39, 0.29) is 11.7 Å². The second kappa shape index (κ2) is 8.80. The molecule has 0 aliphatic heterocycles. The molecule has 0 saturated heterocycles. The quantitative estimate of drug-likeness (QED) is 0.209. The van der Waals surface area contributed by atoms with Crippen LogP contribution >= 0.6 is 0 Å². The van der Waals surface area contributed by atoms with Gasteiger partial charge in [-0.3, -0.25) is 4.79 Å². The summed E-state index contributed by atoms with van der Waals surface area (Å²) in [6, 6.07) is 6.94. The van der Waals surface area contributed by atoms with Gasteiger partial charge in [0.2, 0.25) is 5.91 Å². The Morgan fingerprint density at radius 2 is 2.00 bits per heavy atom. The summed E-state index contributed by atoms with van der Waals surface area (Å²) in [6.45, 7) is 1.78.